The number of ether oxygens (including phenoxy) is 2. The highest BCUT2D eigenvalue weighted by atomic mass is 32.2. The Bertz CT molecular complexity index is 2200. The zero-order valence-electron chi connectivity index (χ0n) is 31.0. The van der Waals surface area contributed by atoms with E-state index in [1.54, 1.807) is 65.0 Å². The first-order valence-corrected chi connectivity index (χ1v) is 20.1. The van der Waals surface area contributed by atoms with Gasteiger partial charge in [0.05, 0.1) is 35.8 Å². The minimum atomic E-state index is -1.65. The summed E-state index contributed by atoms with van der Waals surface area (Å²) in [5.41, 5.74) is 6.20. The maximum Gasteiger partial charge on any atom is 0.337 e. The molecule has 0 spiro atoms. The van der Waals surface area contributed by atoms with Crippen molar-refractivity contribution in [1.29, 1.82) is 0 Å². The molecule has 2 N–H and O–H groups in total. The van der Waals surface area contributed by atoms with Crippen LogP contribution in [0.3, 0.4) is 0 Å². The molecule has 1 aliphatic rings. The second-order valence-corrected chi connectivity index (χ2v) is 15.6. The molecule has 10 nitrogen and oxygen atoms in total. The minimum absolute atomic E-state index is 0.281. The topological polar surface area (TPSA) is 131 Å². The van der Waals surface area contributed by atoms with E-state index in [1.165, 1.54) is 25.6 Å². The van der Waals surface area contributed by atoms with Gasteiger partial charge in [-0.05, 0) is 128 Å². The van der Waals surface area contributed by atoms with Crippen molar-refractivity contribution >= 4 is 62.5 Å². The third kappa shape index (κ3) is 9.38. The van der Waals surface area contributed by atoms with Crippen LogP contribution in [-0.4, -0.2) is 48.7 Å². The Morgan fingerprint density at radius 3 is 1.95 bits per heavy atom. The lowest BCUT2D eigenvalue weighted by Gasteiger charge is -2.23. The van der Waals surface area contributed by atoms with Gasteiger partial charge in [0.1, 0.15) is 5.00 Å². The molecule has 55 heavy (non-hydrogen) atoms. The lowest BCUT2D eigenvalue weighted by Crippen LogP contribution is -2.27. The molecule has 0 bridgehead atoms. The second-order valence-electron chi connectivity index (χ2n) is 13.1. The van der Waals surface area contributed by atoms with E-state index in [-0.39, 0.29) is 11.9 Å². The third-order valence-corrected chi connectivity index (χ3v) is 12.1. The second kappa shape index (κ2) is 18.2. The van der Waals surface area contributed by atoms with Crippen molar-refractivity contribution in [2.75, 3.05) is 35.7 Å². The number of nitrogens with zero attached hydrogens (tertiary/aromatic N) is 1. The maximum absolute atomic E-state index is 13.9. The Morgan fingerprint density at radius 2 is 1.33 bits per heavy atom. The van der Waals surface area contributed by atoms with Crippen LogP contribution in [0.25, 0.3) is 0 Å². The zero-order valence-corrected chi connectivity index (χ0v) is 32.6. The molecule has 2 amide bonds. The number of nitrogens with one attached hydrogen (secondary N) is 2. The van der Waals surface area contributed by atoms with Crippen LogP contribution in [0, 0.1) is 0 Å². The van der Waals surface area contributed by atoms with Crippen molar-refractivity contribution in [3.8, 4) is 0 Å². The van der Waals surface area contributed by atoms with E-state index >= 15 is 0 Å². The summed E-state index contributed by atoms with van der Waals surface area (Å²) in [7, 11) is 1.04. The third-order valence-electron chi connectivity index (χ3n) is 9.42. The first-order valence-electron chi connectivity index (χ1n) is 18.2. The van der Waals surface area contributed by atoms with Crippen LogP contribution in [0.1, 0.15) is 89.2 Å². The number of benzene rings is 4. The fourth-order valence-corrected chi connectivity index (χ4v) is 9.12. The number of hydrogen-bond donors (Lipinski definition) is 2. The molecule has 0 saturated carbocycles. The Morgan fingerprint density at radius 1 is 0.727 bits per heavy atom. The van der Waals surface area contributed by atoms with E-state index in [1.807, 2.05) is 43.3 Å². The lowest BCUT2D eigenvalue weighted by atomic mass is 9.95. The van der Waals surface area contributed by atoms with Gasteiger partial charge in [0.2, 0.25) is 0 Å². The van der Waals surface area contributed by atoms with Crippen molar-refractivity contribution in [2.45, 2.75) is 56.8 Å². The van der Waals surface area contributed by atoms with Crippen molar-refractivity contribution in [1.82, 2.24) is 0 Å². The average Bonchev–Trinajstić information content (AvgIpc) is 3.60. The van der Waals surface area contributed by atoms with Gasteiger partial charge in [-0.15, -0.1) is 11.3 Å². The maximum atomic E-state index is 13.9. The summed E-state index contributed by atoms with van der Waals surface area (Å²) < 4.78 is 25.2. The average molecular weight is 778 g/mol. The Kier molecular flexibility index (Phi) is 12.9. The molecular formula is C43H43N3O7S2. The van der Waals surface area contributed by atoms with E-state index in [0.717, 1.165) is 66.5 Å². The van der Waals surface area contributed by atoms with Gasteiger partial charge < -0.3 is 20.1 Å². The molecule has 4 aromatic carbocycles. The summed E-state index contributed by atoms with van der Waals surface area (Å²) in [5, 5.41) is 6.56. The van der Waals surface area contributed by atoms with E-state index in [4.69, 9.17) is 9.47 Å². The molecule has 5 aromatic rings. The van der Waals surface area contributed by atoms with Gasteiger partial charge in [-0.1, -0.05) is 37.3 Å². The quantitative estimate of drug-likeness (QED) is 0.108. The normalized spacial score (nSPS) is 12.6. The standard InChI is InChI=1S/C43H43N3O7S2/c1-4-26-46(34-24-20-31(21-25-34)43(50)53-3)55(51)35-9-7-8-32(27-35)39(47)45-41-38(36-10-5-6-11-37(36)54-41)40(48)44-33-22-16-29(17-23-33)13-12-28-14-18-30(19-15-28)42(49)52-2/h7-9,14-25,27H,4-6,10-13,26H2,1-3H3,(H,44,48)(H,45,47). The lowest BCUT2D eigenvalue weighted by molar-refractivity contribution is 0.0592. The molecule has 0 radical (unpaired) electrons. The molecule has 6 rings (SSSR count). The SMILES string of the molecule is CCCN(c1ccc(C(=O)OC)cc1)S(=O)c1cccc(C(=O)Nc2sc3c(c2C(=O)Nc2ccc(CCc4ccc(C(=O)OC)cc4)cc2)CCCC3)c1. The van der Waals surface area contributed by atoms with Crippen LogP contribution >= 0.6 is 11.3 Å². The van der Waals surface area contributed by atoms with E-state index < -0.39 is 22.9 Å². The predicted octanol–water partition coefficient (Wildman–Crippen LogP) is 8.43. The summed E-state index contributed by atoms with van der Waals surface area (Å²) in [4.78, 5) is 52.9. The molecule has 284 valence electrons. The summed E-state index contributed by atoms with van der Waals surface area (Å²) in [6.07, 6.45) is 5.88. The highest BCUT2D eigenvalue weighted by molar-refractivity contribution is 7.86. The highest BCUT2D eigenvalue weighted by Crippen LogP contribution is 2.39. The molecule has 0 saturated heterocycles. The van der Waals surface area contributed by atoms with Crippen molar-refractivity contribution < 1.29 is 32.9 Å². The molecule has 1 heterocycles. The monoisotopic (exact) mass is 777 g/mol. The van der Waals surface area contributed by atoms with Crippen LogP contribution in [0.2, 0.25) is 0 Å². The summed E-state index contributed by atoms with van der Waals surface area (Å²) in [6.45, 7) is 2.47. The van der Waals surface area contributed by atoms with Crippen LogP contribution in [-0.2, 0) is 46.1 Å². The number of carbonyl (C=O) groups excluding carboxylic acids is 4. The highest BCUT2D eigenvalue weighted by Gasteiger charge is 2.27. The van der Waals surface area contributed by atoms with Gasteiger partial charge in [-0.2, -0.15) is 0 Å². The first-order chi connectivity index (χ1) is 26.7. The van der Waals surface area contributed by atoms with Gasteiger partial charge in [0, 0.05) is 28.4 Å². The molecule has 1 aliphatic carbocycles. The summed E-state index contributed by atoms with van der Waals surface area (Å²) in [6, 6.07) is 28.5. The Hall–Kier alpha value is -5.59. The minimum Gasteiger partial charge on any atom is -0.465 e. The molecule has 12 heteroatoms. The molecule has 0 aliphatic heterocycles. The summed E-state index contributed by atoms with van der Waals surface area (Å²) in [5.74, 6) is -1.50. The Labute approximate surface area is 327 Å². The smallest absolute Gasteiger partial charge is 0.337 e. The van der Waals surface area contributed by atoms with Crippen LogP contribution in [0.5, 0.6) is 0 Å². The van der Waals surface area contributed by atoms with E-state index in [9.17, 15) is 23.4 Å². The van der Waals surface area contributed by atoms with Crippen molar-refractivity contribution in [2.24, 2.45) is 0 Å². The van der Waals surface area contributed by atoms with Crippen LogP contribution < -0.4 is 14.9 Å². The number of rotatable bonds is 14. The predicted molar refractivity (Wildman–Crippen MR) is 217 cm³/mol. The van der Waals surface area contributed by atoms with Crippen molar-refractivity contribution in [3.63, 3.8) is 0 Å². The zero-order chi connectivity index (χ0) is 38.9. The molecular weight excluding hydrogens is 735 g/mol. The molecule has 0 fully saturated rings. The number of carbonyl (C=O) groups is 4. The fourth-order valence-electron chi connectivity index (χ4n) is 6.50. The van der Waals surface area contributed by atoms with Crippen LogP contribution in [0.15, 0.2) is 102 Å². The number of anilines is 3. The molecule has 1 unspecified atom stereocenters. The number of fused-ring (bicyclic) bond motifs is 1. The van der Waals surface area contributed by atoms with Crippen molar-refractivity contribution in [3.05, 3.63) is 141 Å². The number of aryl methyl sites for hydroxylation is 3. The van der Waals surface area contributed by atoms with Gasteiger partial charge in [0.15, 0.2) is 11.0 Å². The van der Waals surface area contributed by atoms with Gasteiger partial charge >= 0.3 is 11.9 Å². The Balaban J connectivity index is 1.15. The number of thiophene rings is 1. The number of hydrogen-bond acceptors (Lipinski definition) is 8. The molecule has 1 atom stereocenters. The largest absolute Gasteiger partial charge is 0.465 e. The van der Waals surface area contributed by atoms with E-state index in [2.05, 4.69) is 10.6 Å². The van der Waals surface area contributed by atoms with E-state index in [0.29, 0.717) is 50.1 Å². The van der Waals surface area contributed by atoms with Gasteiger partial charge in [-0.3, -0.25) is 13.9 Å². The number of esters is 2. The van der Waals surface area contributed by atoms with Gasteiger partial charge in [0.25, 0.3) is 11.8 Å². The molecule has 1 aromatic heterocycles. The van der Waals surface area contributed by atoms with Gasteiger partial charge in [-0.25, -0.2) is 13.8 Å². The summed E-state index contributed by atoms with van der Waals surface area (Å²) >= 11 is 1.44. The van der Waals surface area contributed by atoms with Crippen LogP contribution in [0.4, 0.5) is 16.4 Å². The first kappa shape index (κ1) is 39.1. The number of amides is 2. The fraction of sp³-hybridized carbons (Fsp3) is 0.256. The number of methoxy groups -OCH3 is 2.